The molecule has 7 heteroatoms. The average molecular weight is 285 g/mol. The first-order valence-electron chi connectivity index (χ1n) is 6.15. The lowest BCUT2D eigenvalue weighted by Crippen LogP contribution is -2.35. The van der Waals surface area contributed by atoms with Crippen molar-refractivity contribution in [1.29, 1.82) is 0 Å². The molecule has 0 aliphatic carbocycles. The summed E-state index contributed by atoms with van der Waals surface area (Å²) in [6.45, 7) is 5.84. The van der Waals surface area contributed by atoms with Crippen LogP contribution in [0.1, 0.15) is 30.3 Å². The molecule has 0 aromatic carbocycles. The molecule has 0 fully saturated rings. The number of aromatic nitrogens is 1. The molecule has 1 rings (SSSR count). The second-order valence-electron chi connectivity index (χ2n) is 4.32. The average Bonchev–Trinajstić information content (AvgIpc) is 2.63. The van der Waals surface area contributed by atoms with E-state index in [2.05, 4.69) is 15.6 Å². The highest BCUT2D eigenvalue weighted by Crippen LogP contribution is 2.20. The molecule has 0 aliphatic rings. The van der Waals surface area contributed by atoms with Gasteiger partial charge in [0.15, 0.2) is 5.13 Å². The lowest BCUT2D eigenvalue weighted by molar-refractivity contribution is -0.141. The molecule has 6 nitrogen and oxygen atoms in total. The molecular formula is C12H19N3O3S. The monoisotopic (exact) mass is 285 g/mol. The number of aryl methyl sites for hydroxylation is 2. The number of nitrogens with one attached hydrogen (secondary N) is 2. The molecule has 1 atom stereocenters. The van der Waals surface area contributed by atoms with Crippen LogP contribution in [0.15, 0.2) is 0 Å². The minimum Gasteiger partial charge on any atom is -0.481 e. The summed E-state index contributed by atoms with van der Waals surface area (Å²) in [5.74, 6) is -1.43. The minimum atomic E-state index is -0.886. The zero-order chi connectivity index (χ0) is 14.4. The van der Waals surface area contributed by atoms with Gasteiger partial charge in [0.25, 0.3) is 0 Å². The first kappa shape index (κ1) is 15.4. The number of urea groups is 1. The van der Waals surface area contributed by atoms with Gasteiger partial charge >= 0.3 is 12.0 Å². The molecule has 0 bridgehead atoms. The normalized spacial score (nSPS) is 11.9. The second-order valence-corrected chi connectivity index (χ2v) is 5.52. The van der Waals surface area contributed by atoms with E-state index in [1.54, 1.807) is 0 Å². The van der Waals surface area contributed by atoms with Crippen molar-refractivity contribution in [3.63, 3.8) is 0 Å². The van der Waals surface area contributed by atoms with E-state index in [-0.39, 0.29) is 6.54 Å². The molecule has 1 unspecified atom stereocenters. The smallest absolute Gasteiger partial charge is 0.321 e. The number of nitrogens with zero attached hydrogens (tertiary/aromatic N) is 1. The number of carboxylic acid groups (broad SMARTS) is 1. The first-order valence-corrected chi connectivity index (χ1v) is 6.97. The zero-order valence-electron chi connectivity index (χ0n) is 11.3. The largest absolute Gasteiger partial charge is 0.481 e. The number of hydrogen-bond acceptors (Lipinski definition) is 4. The minimum absolute atomic E-state index is 0.123. The van der Waals surface area contributed by atoms with Crippen molar-refractivity contribution in [2.45, 2.75) is 33.6 Å². The van der Waals surface area contributed by atoms with Crippen LogP contribution in [-0.4, -0.2) is 28.6 Å². The molecule has 0 radical (unpaired) electrons. The lowest BCUT2D eigenvalue weighted by atomic mass is 10.0. The summed E-state index contributed by atoms with van der Waals surface area (Å²) in [6.07, 6.45) is 1.32. The van der Waals surface area contributed by atoms with Crippen LogP contribution < -0.4 is 10.6 Å². The van der Waals surface area contributed by atoms with E-state index >= 15 is 0 Å². The fourth-order valence-corrected chi connectivity index (χ4v) is 2.35. The summed E-state index contributed by atoms with van der Waals surface area (Å²) in [5.41, 5.74) is 0.884. The molecule has 0 saturated heterocycles. The molecule has 1 aromatic heterocycles. The highest BCUT2D eigenvalue weighted by molar-refractivity contribution is 7.15. The van der Waals surface area contributed by atoms with Gasteiger partial charge in [-0.3, -0.25) is 10.1 Å². The summed E-state index contributed by atoms with van der Waals surface area (Å²) >= 11 is 1.39. The van der Waals surface area contributed by atoms with E-state index in [0.29, 0.717) is 11.6 Å². The van der Waals surface area contributed by atoms with Crippen LogP contribution >= 0.6 is 11.3 Å². The van der Waals surface area contributed by atoms with Crippen LogP contribution in [0.25, 0.3) is 0 Å². The Bertz CT molecular complexity index is 440. The van der Waals surface area contributed by atoms with E-state index < -0.39 is 17.9 Å². The maximum absolute atomic E-state index is 11.6. The van der Waals surface area contributed by atoms with Crippen molar-refractivity contribution in [3.8, 4) is 0 Å². The van der Waals surface area contributed by atoms with Gasteiger partial charge in [-0.25, -0.2) is 9.78 Å². The fourth-order valence-electron chi connectivity index (χ4n) is 1.54. The van der Waals surface area contributed by atoms with Gasteiger partial charge in [0.1, 0.15) is 0 Å². The van der Waals surface area contributed by atoms with Crippen LogP contribution in [0, 0.1) is 19.8 Å². The SMILES string of the molecule is CCCC(CNC(=O)Nc1nc(C)c(C)s1)C(=O)O. The number of anilines is 1. The van der Waals surface area contributed by atoms with Crippen molar-refractivity contribution < 1.29 is 14.7 Å². The quantitative estimate of drug-likeness (QED) is 0.748. The Morgan fingerprint density at radius 3 is 2.58 bits per heavy atom. The van der Waals surface area contributed by atoms with E-state index in [9.17, 15) is 9.59 Å². The van der Waals surface area contributed by atoms with Crippen LogP contribution in [0.3, 0.4) is 0 Å². The summed E-state index contributed by atoms with van der Waals surface area (Å²) in [6, 6.07) is -0.420. The molecule has 2 amide bonds. The highest BCUT2D eigenvalue weighted by atomic mass is 32.1. The van der Waals surface area contributed by atoms with Crippen molar-refractivity contribution in [3.05, 3.63) is 10.6 Å². The van der Waals surface area contributed by atoms with E-state index in [1.807, 2.05) is 20.8 Å². The van der Waals surface area contributed by atoms with Gasteiger partial charge in [-0.15, -0.1) is 11.3 Å². The summed E-state index contributed by atoms with van der Waals surface area (Å²) < 4.78 is 0. The molecular weight excluding hydrogens is 266 g/mol. The first-order chi connectivity index (χ1) is 8.93. The predicted molar refractivity (Wildman–Crippen MR) is 74.6 cm³/mol. The fraction of sp³-hybridized carbons (Fsp3) is 0.583. The number of amides is 2. The zero-order valence-corrected chi connectivity index (χ0v) is 12.1. The predicted octanol–water partition coefficient (Wildman–Crippen LogP) is 2.38. The maximum atomic E-state index is 11.6. The van der Waals surface area contributed by atoms with Crippen molar-refractivity contribution in [1.82, 2.24) is 10.3 Å². The number of carbonyl (C=O) groups excluding carboxylic acids is 1. The third-order valence-electron chi connectivity index (χ3n) is 2.74. The Morgan fingerprint density at radius 1 is 1.42 bits per heavy atom. The Balaban J connectivity index is 2.44. The van der Waals surface area contributed by atoms with Crippen molar-refractivity contribution >= 4 is 28.5 Å². The van der Waals surface area contributed by atoms with Gasteiger partial charge < -0.3 is 10.4 Å². The Hall–Kier alpha value is -1.63. The topological polar surface area (TPSA) is 91.3 Å². The highest BCUT2D eigenvalue weighted by Gasteiger charge is 2.17. The number of rotatable bonds is 6. The molecule has 19 heavy (non-hydrogen) atoms. The number of carboxylic acids is 1. The van der Waals surface area contributed by atoms with Crippen LogP contribution in [0.2, 0.25) is 0 Å². The third-order valence-corrected chi connectivity index (χ3v) is 3.73. The summed E-state index contributed by atoms with van der Waals surface area (Å²) in [7, 11) is 0. The standard InChI is InChI=1S/C12H19N3O3S/c1-4-5-9(10(16)17)6-13-11(18)15-12-14-7(2)8(3)19-12/h9H,4-6H2,1-3H3,(H,16,17)(H2,13,14,15,18). The van der Waals surface area contributed by atoms with E-state index in [0.717, 1.165) is 17.0 Å². The van der Waals surface area contributed by atoms with Gasteiger partial charge in [-0.05, 0) is 20.3 Å². The van der Waals surface area contributed by atoms with Crippen LogP contribution in [-0.2, 0) is 4.79 Å². The third kappa shape index (κ3) is 4.86. The molecule has 0 saturated carbocycles. The molecule has 1 aromatic rings. The number of carbonyl (C=O) groups is 2. The van der Waals surface area contributed by atoms with Crippen LogP contribution in [0.4, 0.5) is 9.93 Å². The molecule has 0 spiro atoms. The lowest BCUT2D eigenvalue weighted by Gasteiger charge is -2.12. The number of aliphatic carboxylic acids is 1. The second kappa shape index (κ2) is 7.08. The summed E-state index contributed by atoms with van der Waals surface area (Å²) in [4.78, 5) is 27.8. The maximum Gasteiger partial charge on any atom is 0.321 e. The number of thiazole rings is 1. The Kier molecular flexibility index (Phi) is 5.75. The van der Waals surface area contributed by atoms with Crippen molar-refractivity contribution in [2.75, 3.05) is 11.9 Å². The summed E-state index contributed by atoms with van der Waals surface area (Å²) in [5, 5.41) is 14.7. The van der Waals surface area contributed by atoms with Gasteiger partial charge in [-0.1, -0.05) is 13.3 Å². The van der Waals surface area contributed by atoms with Gasteiger partial charge in [-0.2, -0.15) is 0 Å². The molecule has 106 valence electrons. The van der Waals surface area contributed by atoms with Gasteiger partial charge in [0.2, 0.25) is 0 Å². The molecule has 3 N–H and O–H groups in total. The molecule has 1 heterocycles. The molecule has 0 aliphatic heterocycles. The van der Waals surface area contributed by atoms with Crippen LogP contribution in [0.5, 0.6) is 0 Å². The van der Waals surface area contributed by atoms with E-state index in [4.69, 9.17) is 5.11 Å². The van der Waals surface area contributed by atoms with Gasteiger partial charge in [0.05, 0.1) is 11.6 Å². The van der Waals surface area contributed by atoms with Crippen molar-refractivity contribution in [2.24, 2.45) is 5.92 Å². The van der Waals surface area contributed by atoms with E-state index in [1.165, 1.54) is 11.3 Å². The Labute approximate surface area is 116 Å². The Morgan fingerprint density at radius 2 is 2.11 bits per heavy atom. The number of hydrogen-bond donors (Lipinski definition) is 3. The van der Waals surface area contributed by atoms with Gasteiger partial charge in [0, 0.05) is 11.4 Å².